The van der Waals surface area contributed by atoms with E-state index in [-0.39, 0.29) is 31.0 Å². The van der Waals surface area contributed by atoms with E-state index in [2.05, 4.69) is 5.32 Å². The van der Waals surface area contributed by atoms with Gasteiger partial charge in [0, 0.05) is 44.0 Å². The number of hydrogen-bond donors (Lipinski definition) is 2. The van der Waals surface area contributed by atoms with Crippen molar-refractivity contribution in [3.63, 3.8) is 0 Å². The first kappa shape index (κ1) is 18.2. The lowest BCUT2D eigenvalue weighted by Gasteiger charge is -2.25. The second kappa shape index (κ2) is 8.18. The lowest BCUT2D eigenvalue weighted by molar-refractivity contribution is -0.137. The summed E-state index contributed by atoms with van der Waals surface area (Å²) in [5.41, 5.74) is 1.20. The quantitative estimate of drug-likeness (QED) is 0.763. The van der Waals surface area contributed by atoms with E-state index in [1.165, 1.54) is 0 Å². The zero-order valence-electron chi connectivity index (χ0n) is 14.5. The number of hydrogen-bond acceptors (Lipinski definition) is 4. The fourth-order valence-corrected chi connectivity index (χ4v) is 3.22. The smallest absolute Gasteiger partial charge is 0.321 e. The lowest BCUT2D eigenvalue weighted by atomic mass is 10.1. The predicted octanol–water partition coefficient (Wildman–Crippen LogP) is 1.31. The monoisotopic (exact) mass is 361 g/mol. The Kier molecular flexibility index (Phi) is 5.72. The first-order valence-electron chi connectivity index (χ1n) is 8.82. The van der Waals surface area contributed by atoms with Crippen LogP contribution in [0, 0.1) is 0 Å². The van der Waals surface area contributed by atoms with Gasteiger partial charge in [-0.2, -0.15) is 0 Å². The molecule has 3 rings (SSSR count). The second-order valence-corrected chi connectivity index (χ2v) is 6.46. The standard InChI is InChI=1S/C18H23N3O5/c22-16(23)7-9-20(12-15-2-1-11-26-15)17(24)13-3-5-14(6-4-13)21-10-8-19-18(21)25/h3-6,15H,1-2,7-12H2,(H,19,25)(H,22,23)/t15-/m0/s1. The van der Waals surface area contributed by atoms with Gasteiger partial charge in [-0.05, 0) is 37.1 Å². The Morgan fingerprint density at radius 2 is 2.08 bits per heavy atom. The Balaban J connectivity index is 1.69. The van der Waals surface area contributed by atoms with Gasteiger partial charge in [-0.25, -0.2) is 4.79 Å². The van der Waals surface area contributed by atoms with Crippen molar-refractivity contribution in [2.45, 2.75) is 25.4 Å². The Morgan fingerprint density at radius 1 is 1.31 bits per heavy atom. The number of carboxylic acids is 1. The van der Waals surface area contributed by atoms with Crippen LogP contribution in [0.4, 0.5) is 10.5 Å². The topological polar surface area (TPSA) is 99.2 Å². The molecule has 2 aliphatic rings. The molecule has 140 valence electrons. The number of anilines is 1. The number of aliphatic carboxylic acids is 1. The lowest BCUT2D eigenvalue weighted by Crippen LogP contribution is -2.38. The van der Waals surface area contributed by atoms with E-state index in [1.807, 2.05) is 0 Å². The number of nitrogens with one attached hydrogen (secondary N) is 1. The Hall–Kier alpha value is -2.61. The average Bonchev–Trinajstić information content (AvgIpc) is 3.29. The molecule has 2 N–H and O–H groups in total. The Bertz CT molecular complexity index is 670. The summed E-state index contributed by atoms with van der Waals surface area (Å²) >= 11 is 0. The molecular formula is C18H23N3O5. The van der Waals surface area contributed by atoms with Crippen LogP contribution in [-0.2, 0) is 9.53 Å². The molecule has 1 aromatic rings. The highest BCUT2D eigenvalue weighted by molar-refractivity contribution is 5.97. The molecule has 0 bridgehead atoms. The molecule has 3 amide bonds. The average molecular weight is 361 g/mol. The molecule has 26 heavy (non-hydrogen) atoms. The van der Waals surface area contributed by atoms with Crippen molar-refractivity contribution in [3.8, 4) is 0 Å². The van der Waals surface area contributed by atoms with Gasteiger partial charge in [0.05, 0.1) is 12.5 Å². The second-order valence-electron chi connectivity index (χ2n) is 6.46. The molecule has 2 aliphatic heterocycles. The molecule has 1 atom stereocenters. The van der Waals surface area contributed by atoms with Crippen molar-refractivity contribution in [1.29, 1.82) is 0 Å². The summed E-state index contributed by atoms with van der Waals surface area (Å²) in [7, 11) is 0. The summed E-state index contributed by atoms with van der Waals surface area (Å²) in [5.74, 6) is -1.16. The zero-order valence-corrected chi connectivity index (χ0v) is 14.5. The van der Waals surface area contributed by atoms with Gasteiger partial charge in [0.15, 0.2) is 0 Å². The van der Waals surface area contributed by atoms with E-state index < -0.39 is 5.97 Å². The van der Waals surface area contributed by atoms with Crippen molar-refractivity contribution in [1.82, 2.24) is 10.2 Å². The van der Waals surface area contributed by atoms with Crippen LogP contribution in [0.3, 0.4) is 0 Å². The molecular weight excluding hydrogens is 338 g/mol. The van der Waals surface area contributed by atoms with Crippen molar-refractivity contribution in [2.75, 3.05) is 37.7 Å². The van der Waals surface area contributed by atoms with E-state index in [0.29, 0.717) is 31.8 Å². The molecule has 8 heteroatoms. The minimum absolute atomic E-state index is 0.0414. The minimum atomic E-state index is -0.939. The largest absolute Gasteiger partial charge is 0.481 e. The fourth-order valence-electron chi connectivity index (χ4n) is 3.22. The number of carbonyl (C=O) groups is 3. The van der Waals surface area contributed by atoms with Gasteiger partial charge in [-0.1, -0.05) is 0 Å². The van der Waals surface area contributed by atoms with Gasteiger partial charge in [0.1, 0.15) is 0 Å². The van der Waals surface area contributed by atoms with Crippen LogP contribution in [-0.4, -0.2) is 66.8 Å². The van der Waals surface area contributed by atoms with Crippen molar-refractivity contribution >= 4 is 23.6 Å². The van der Waals surface area contributed by atoms with Gasteiger partial charge in [-0.15, -0.1) is 0 Å². The molecule has 2 fully saturated rings. The number of amides is 3. The molecule has 2 heterocycles. The van der Waals surface area contributed by atoms with E-state index in [4.69, 9.17) is 9.84 Å². The third-order valence-electron chi connectivity index (χ3n) is 4.61. The Morgan fingerprint density at radius 3 is 2.65 bits per heavy atom. The third-order valence-corrected chi connectivity index (χ3v) is 4.61. The molecule has 0 unspecified atom stereocenters. The van der Waals surface area contributed by atoms with E-state index >= 15 is 0 Å². The van der Waals surface area contributed by atoms with E-state index in [9.17, 15) is 14.4 Å². The summed E-state index contributed by atoms with van der Waals surface area (Å²) < 4.78 is 5.58. The maximum Gasteiger partial charge on any atom is 0.321 e. The highest BCUT2D eigenvalue weighted by Crippen LogP contribution is 2.19. The van der Waals surface area contributed by atoms with Crippen molar-refractivity contribution in [2.24, 2.45) is 0 Å². The van der Waals surface area contributed by atoms with Crippen LogP contribution in [0.2, 0.25) is 0 Å². The molecule has 2 saturated heterocycles. The zero-order chi connectivity index (χ0) is 18.5. The highest BCUT2D eigenvalue weighted by atomic mass is 16.5. The molecule has 0 radical (unpaired) electrons. The maximum atomic E-state index is 12.8. The first-order valence-corrected chi connectivity index (χ1v) is 8.82. The van der Waals surface area contributed by atoms with Crippen LogP contribution in [0.25, 0.3) is 0 Å². The number of nitrogens with zero attached hydrogens (tertiary/aromatic N) is 2. The highest BCUT2D eigenvalue weighted by Gasteiger charge is 2.25. The maximum absolute atomic E-state index is 12.8. The van der Waals surface area contributed by atoms with Crippen molar-refractivity contribution < 1.29 is 24.2 Å². The molecule has 1 aromatic carbocycles. The van der Waals surface area contributed by atoms with Crippen molar-refractivity contribution in [3.05, 3.63) is 29.8 Å². The summed E-state index contributed by atoms with van der Waals surface area (Å²) in [5, 5.41) is 11.7. The number of carboxylic acid groups (broad SMARTS) is 1. The van der Waals surface area contributed by atoms with Crippen LogP contribution >= 0.6 is 0 Å². The van der Waals surface area contributed by atoms with E-state index in [1.54, 1.807) is 34.1 Å². The first-order chi connectivity index (χ1) is 12.5. The summed E-state index contributed by atoms with van der Waals surface area (Å²) in [6.07, 6.45) is 1.68. The van der Waals surface area contributed by atoms with Gasteiger partial charge < -0.3 is 20.1 Å². The number of benzene rings is 1. The molecule has 0 aliphatic carbocycles. The summed E-state index contributed by atoms with van der Waals surface area (Å²) in [4.78, 5) is 38.6. The summed E-state index contributed by atoms with van der Waals surface area (Å²) in [6, 6.07) is 6.67. The van der Waals surface area contributed by atoms with Crippen LogP contribution in [0.15, 0.2) is 24.3 Å². The normalized spacial score (nSPS) is 19.5. The Labute approximate surface area is 151 Å². The molecule has 0 spiro atoms. The van der Waals surface area contributed by atoms with Gasteiger partial charge in [0.25, 0.3) is 5.91 Å². The van der Waals surface area contributed by atoms with E-state index in [0.717, 1.165) is 18.5 Å². The third kappa shape index (κ3) is 4.32. The van der Waals surface area contributed by atoms with Gasteiger partial charge >= 0.3 is 12.0 Å². The number of rotatable bonds is 7. The molecule has 0 saturated carbocycles. The number of carbonyl (C=O) groups excluding carboxylic acids is 2. The van der Waals surface area contributed by atoms with Gasteiger partial charge in [-0.3, -0.25) is 14.5 Å². The van der Waals surface area contributed by atoms with Crippen LogP contribution in [0.5, 0.6) is 0 Å². The van der Waals surface area contributed by atoms with Gasteiger partial charge in [0.2, 0.25) is 0 Å². The summed E-state index contributed by atoms with van der Waals surface area (Å²) in [6.45, 7) is 2.41. The number of urea groups is 1. The molecule has 8 nitrogen and oxygen atoms in total. The SMILES string of the molecule is O=C(O)CCN(C[C@@H]1CCCO1)C(=O)c1ccc(N2CCNC2=O)cc1. The van der Waals surface area contributed by atoms with Crippen LogP contribution in [0.1, 0.15) is 29.6 Å². The fraction of sp³-hybridized carbons (Fsp3) is 0.500. The van der Waals surface area contributed by atoms with Crippen LogP contribution < -0.4 is 10.2 Å². The minimum Gasteiger partial charge on any atom is -0.481 e. The predicted molar refractivity (Wildman–Crippen MR) is 94.3 cm³/mol. The molecule has 0 aromatic heterocycles. The number of ether oxygens (including phenoxy) is 1.